The molecule has 2 fully saturated rings. The van der Waals surface area contributed by atoms with Crippen LogP contribution in [0.1, 0.15) is 55.1 Å². The Morgan fingerprint density at radius 2 is 1.88 bits per heavy atom. The number of likely N-dealkylation sites (tertiary alicyclic amines) is 2. The summed E-state index contributed by atoms with van der Waals surface area (Å²) in [5, 5.41) is 0. The zero-order valence-corrected chi connectivity index (χ0v) is 15.3. The average molecular weight is 340 g/mol. The van der Waals surface area contributed by atoms with Gasteiger partial charge in [0.15, 0.2) is 0 Å². The first-order valence-corrected chi connectivity index (χ1v) is 9.60. The Hall–Kier alpha value is -1.88. The highest BCUT2D eigenvalue weighted by Crippen LogP contribution is 2.32. The van der Waals surface area contributed by atoms with Crippen LogP contribution >= 0.6 is 0 Å². The lowest BCUT2D eigenvalue weighted by atomic mass is 10.1. The van der Waals surface area contributed by atoms with Crippen molar-refractivity contribution in [3.63, 3.8) is 0 Å². The van der Waals surface area contributed by atoms with Crippen molar-refractivity contribution in [2.24, 2.45) is 0 Å². The largest absolute Gasteiger partial charge is 0.340 e. The van der Waals surface area contributed by atoms with Gasteiger partial charge in [0, 0.05) is 6.54 Å². The maximum Gasteiger partial charge on any atom is 0.237 e. The van der Waals surface area contributed by atoms with E-state index in [1.165, 1.54) is 30.4 Å². The van der Waals surface area contributed by atoms with E-state index in [-0.39, 0.29) is 11.9 Å². The number of nitrogens with zero attached hydrogens (tertiary/aromatic N) is 3. The summed E-state index contributed by atoms with van der Waals surface area (Å²) >= 11 is 0. The number of carbonyl (C=O) groups excluding carboxylic acids is 1. The Morgan fingerprint density at radius 3 is 2.68 bits per heavy atom. The predicted molar refractivity (Wildman–Crippen MR) is 99.5 cm³/mol. The van der Waals surface area contributed by atoms with E-state index in [2.05, 4.69) is 35.9 Å². The first-order chi connectivity index (χ1) is 12.1. The van der Waals surface area contributed by atoms with E-state index in [0.717, 1.165) is 49.3 Å². The molecule has 0 radical (unpaired) electrons. The van der Waals surface area contributed by atoms with Gasteiger partial charge in [0.2, 0.25) is 5.91 Å². The number of piperidine rings is 1. The molecular formula is C20H28N4O. The normalized spacial score (nSPS) is 22.0. The zero-order valence-electron chi connectivity index (χ0n) is 15.3. The Balaban J connectivity index is 1.53. The first kappa shape index (κ1) is 16.6. The van der Waals surface area contributed by atoms with E-state index in [1.54, 1.807) is 0 Å². The number of aromatic nitrogens is 2. The molecule has 0 spiro atoms. The van der Waals surface area contributed by atoms with Crippen LogP contribution in [0.5, 0.6) is 0 Å². The highest BCUT2D eigenvalue weighted by molar-refractivity contribution is 5.80. The summed E-state index contributed by atoms with van der Waals surface area (Å²) in [6, 6.07) is 4.40. The van der Waals surface area contributed by atoms with E-state index in [1.807, 2.05) is 4.90 Å². The lowest BCUT2D eigenvalue weighted by molar-refractivity contribution is -0.133. The predicted octanol–water partition coefficient (Wildman–Crippen LogP) is 3.33. The standard InChI is InChI=1S/C20H28N4O/c1-14-11-16-17(12-15(14)2)22-20(21-16)18-7-6-10-24(18)19(25)13-23-8-4-3-5-9-23/h11-12,18H,3-10,13H2,1-2H3,(H,21,22)/t18-/m0/s1. The van der Waals surface area contributed by atoms with Crippen LogP contribution in [-0.2, 0) is 4.79 Å². The highest BCUT2D eigenvalue weighted by Gasteiger charge is 2.32. The minimum Gasteiger partial charge on any atom is -0.340 e. The summed E-state index contributed by atoms with van der Waals surface area (Å²) < 4.78 is 0. The highest BCUT2D eigenvalue weighted by atomic mass is 16.2. The monoisotopic (exact) mass is 340 g/mol. The molecule has 5 heteroatoms. The summed E-state index contributed by atoms with van der Waals surface area (Å²) in [7, 11) is 0. The molecule has 5 nitrogen and oxygen atoms in total. The van der Waals surface area contributed by atoms with Crippen LogP contribution in [0.4, 0.5) is 0 Å². The Morgan fingerprint density at radius 1 is 1.12 bits per heavy atom. The fraction of sp³-hybridized carbons (Fsp3) is 0.600. The number of aromatic amines is 1. The number of hydrogen-bond donors (Lipinski definition) is 1. The van der Waals surface area contributed by atoms with Gasteiger partial charge in [-0.3, -0.25) is 9.69 Å². The Kier molecular flexibility index (Phi) is 4.50. The number of carbonyl (C=O) groups is 1. The third-order valence-corrected chi connectivity index (χ3v) is 5.81. The fourth-order valence-electron chi connectivity index (χ4n) is 4.20. The van der Waals surface area contributed by atoms with Gasteiger partial charge < -0.3 is 9.88 Å². The van der Waals surface area contributed by atoms with Crippen LogP contribution in [0.2, 0.25) is 0 Å². The van der Waals surface area contributed by atoms with Crippen molar-refractivity contribution in [1.29, 1.82) is 0 Å². The van der Waals surface area contributed by atoms with Crippen molar-refractivity contribution >= 4 is 16.9 Å². The maximum atomic E-state index is 12.9. The molecule has 25 heavy (non-hydrogen) atoms. The van der Waals surface area contributed by atoms with Crippen molar-refractivity contribution in [1.82, 2.24) is 19.8 Å². The Bertz CT molecular complexity index is 736. The number of rotatable bonds is 3. The number of imidazole rings is 1. The smallest absolute Gasteiger partial charge is 0.237 e. The van der Waals surface area contributed by atoms with E-state index >= 15 is 0 Å². The van der Waals surface area contributed by atoms with Crippen LogP contribution in [0.15, 0.2) is 12.1 Å². The van der Waals surface area contributed by atoms with Crippen molar-refractivity contribution in [3.05, 3.63) is 29.1 Å². The van der Waals surface area contributed by atoms with Gasteiger partial charge in [0.1, 0.15) is 5.82 Å². The lowest BCUT2D eigenvalue weighted by Gasteiger charge is -2.30. The van der Waals surface area contributed by atoms with E-state index in [0.29, 0.717) is 6.54 Å². The first-order valence-electron chi connectivity index (χ1n) is 9.60. The van der Waals surface area contributed by atoms with Crippen LogP contribution in [-0.4, -0.2) is 51.9 Å². The second kappa shape index (κ2) is 6.79. The molecule has 0 saturated carbocycles. The molecule has 4 rings (SSSR count). The second-order valence-corrected chi connectivity index (χ2v) is 7.66. The molecule has 0 bridgehead atoms. The van der Waals surface area contributed by atoms with Gasteiger partial charge in [-0.05, 0) is 75.9 Å². The zero-order chi connectivity index (χ0) is 17.4. The fourth-order valence-corrected chi connectivity index (χ4v) is 4.20. The number of benzene rings is 1. The van der Waals surface area contributed by atoms with Gasteiger partial charge in [-0.25, -0.2) is 4.98 Å². The summed E-state index contributed by atoms with van der Waals surface area (Å²) in [5.41, 5.74) is 4.61. The molecule has 2 aromatic rings. The van der Waals surface area contributed by atoms with Crippen molar-refractivity contribution in [2.45, 2.75) is 52.0 Å². The molecule has 1 atom stereocenters. The second-order valence-electron chi connectivity index (χ2n) is 7.66. The Labute approximate surface area is 149 Å². The van der Waals surface area contributed by atoms with Crippen molar-refractivity contribution in [2.75, 3.05) is 26.2 Å². The molecule has 2 aliphatic rings. The van der Waals surface area contributed by atoms with Gasteiger partial charge in [0.05, 0.1) is 23.6 Å². The molecule has 134 valence electrons. The number of nitrogens with one attached hydrogen (secondary N) is 1. The van der Waals surface area contributed by atoms with Gasteiger partial charge in [-0.15, -0.1) is 0 Å². The summed E-state index contributed by atoms with van der Waals surface area (Å²) in [6.45, 7) is 7.79. The average Bonchev–Trinajstić information content (AvgIpc) is 3.22. The lowest BCUT2D eigenvalue weighted by Crippen LogP contribution is -2.42. The van der Waals surface area contributed by atoms with Crippen LogP contribution in [0.3, 0.4) is 0 Å². The van der Waals surface area contributed by atoms with Crippen molar-refractivity contribution in [3.8, 4) is 0 Å². The molecule has 1 amide bonds. The van der Waals surface area contributed by atoms with Crippen LogP contribution < -0.4 is 0 Å². The quantitative estimate of drug-likeness (QED) is 0.932. The molecular weight excluding hydrogens is 312 g/mol. The van der Waals surface area contributed by atoms with Crippen LogP contribution in [0, 0.1) is 13.8 Å². The minimum atomic E-state index is 0.102. The van der Waals surface area contributed by atoms with E-state index in [4.69, 9.17) is 4.98 Å². The van der Waals surface area contributed by atoms with Gasteiger partial charge in [-0.2, -0.15) is 0 Å². The summed E-state index contributed by atoms with van der Waals surface area (Å²) in [4.78, 5) is 25.5. The molecule has 0 aliphatic carbocycles. The summed E-state index contributed by atoms with van der Waals surface area (Å²) in [6.07, 6.45) is 5.81. The molecule has 1 aromatic heterocycles. The van der Waals surface area contributed by atoms with Gasteiger partial charge in [0.25, 0.3) is 0 Å². The number of aryl methyl sites for hydroxylation is 2. The molecule has 0 unspecified atom stereocenters. The topological polar surface area (TPSA) is 52.2 Å². The number of fused-ring (bicyclic) bond motifs is 1. The van der Waals surface area contributed by atoms with Crippen LogP contribution in [0.25, 0.3) is 11.0 Å². The van der Waals surface area contributed by atoms with Crippen molar-refractivity contribution < 1.29 is 4.79 Å². The minimum absolute atomic E-state index is 0.102. The van der Waals surface area contributed by atoms with Gasteiger partial charge >= 0.3 is 0 Å². The molecule has 2 aliphatic heterocycles. The number of amides is 1. The van der Waals surface area contributed by atoms with Gasteiger partial charge in [-0.1, -0.05) is 6.42 Å². The maximum absolute atomic E-state index is 12.9. The summed E-state index contributed by atoms with van der Waals surface area (Å²) in [5.74, 6) is 1.21. The third kappa shape index (κ3) is 3.30. The third-order valence-electron chi connectivity index (χ3n) is 5.81. The molecule has 1 aromatic carbocycles. The molecule has 3 heterocycles. The number of hydrogen-bond acceptors (Lipinski definition) is 3. The van der Waals surface area contributed by atoms with E-state index < -0.39 is 0 Å². The van der Waals surface area contributed by atoms with E-state index in [9.17, 15) is 4.79 Å². The molecule has 1 N–H and O–H groups in total. The SMILES string of the molecule is Cc1cc2nc([C@@H]3CCCN3C(=O)CN3CCCCC3)[nH]c2cc1C. The molecule has 2 saturated heterocycles. The number of H-pyrrole nitrogens is 1.